The highest BCUT2D eigenvalue weighted by Gasteiger charge is 2.38. The average molecular weight is 362 g/mol. The molecule has 0 fully saturated rings. The normalized spacial score (nSPS) is 13.6. The summed E-state index contributed by atoms with van der Waals surface area (Å²) in [4.78, 5) is 25.8. The Bertz CT molecular complexity index is 788. The molecule has 1 heterocycles. The van der Waals surface area contributed by atoms with Crippen molar-refractivity contribution in [3.05, 3.63) is 58.7 Å². The van der Waals surface area contributed by atoms with Crippen LogP contribution in [0.1, 0.15) is 31.8 Å². The molecule has 0 radical (unpaired) electrons. The molecule has 0 bridgehead atoms. The van der Waals surface area contributed by atoms with Crippen molar-refractivity contribution in [1.82, 2.24) is 4.90 Å². The molecule has 0 aromatic heterocycles. The number of rotatable bonds is 3. The second-order valence-corrected chi connectivity index (χ2v) is 5.57. The Hall–Kier alpha value is -2.34. The zero-order valence-corrected chi connectivity index (χ0v) is 13.0. The summed E-state index contributed by atoms with van der Waals surface area (Å²) in [5.41, 5.74) is 1.82. The van der Waals surface area contributed by atoms with Gasteiger partial charge in [0, 0.05) is 5.33 Å². The first-order chi connectivity index (χ1) is 10.5. The molecule has 2 amide bonds. The molecule has 0 saturated heterocycles. The first-order valence-electron chi connectivity index (χ1n) is 6.58. The van der Waals surface area contributed by atoms with Crippen LogP contribution in [0.25, 0.3) is 0 Å². The number of carbonyl (C=O) groups excluding carboxylic acids is 2. The van der Waals surface area contributed by atoms with E-state index in [-0.39, 0.29) is 17.7 Å². The maximum atomic E-state index is 12.4. The van der Waals surface area contributed by atoms with Gasteiger partial charge in [0.25, 0.3) is 11.8 Å². The van der Waals surface area contributed by atoms with Crippen molar-refractivity contribution >= 4 is 27.7 Å². The Morgan fingerprint density at radius 2 is 1.73 bits per heavy atom. The number of alkyl halides is 1. The lowest BCUT2D eigenvalue weighted by Crippen LogP contribution is -2.29. The Kier molecular flexibility index (Phi) is 3.62. The van der Waals surface area contributed by atoms with Gasteiger partial charge < -0.3 is 10.2 Å². The van der Waals surface area contributed by atoms with Crippen LogP contribution in [0, 0.1) is 0 Å². The Morgan fingerprint density at radius 3 is 2.45 bits per heavy atom. The third kappa shape index (κ3) is 2.25. The molecule has 2 aromatic carbocycles. The van der Waals surface area contributed by atoms with Crippen LogP contribution in [-0.2, 0) is 11.9 Å². The number of hydrogen-bond donors (Lipinski definition) is 2. The predicted octanol–water partition coefficient (Wildman–Crippen LogP) is 2.79. The van der Waals surface area contributed by atoms with Crippen LogP contribution in [0.3, 0.4) is 0 Å². The minimum atomic E-state index is -0.599. The van der Waals surface area contributed by atoms with Gasteiger partial charge in [-0.1, -0.05) is 40.2 Å². The van der Waals surface area contributed by atoms with Gasteiger partial charge >= 0.3 is 0 Å². The molecule has 2 aromatic rings. The number of hydrogen-bond acceptors (Lipinski definition) is 4. The lowest BCUT2D eigenvalue weighted by atomic mass is 10.1. The van der Waals surface area contributed by atoms with E-state index in [1.54, 1.807) is 0 Å². The summed E-state index contributed by atoms with van der Waals surface area (Å²) in [5, 5.41) is 20.0. The van der Waals surface area contributed by atoms with Crippen LogP contribution in [-0.4, -0.2) is 26.9 Å². The highest BCUT2D eigenvalue weighted by atomic mass is 79.9. The lowest BCUT2D eigenvalue weighted by molar-refractivity contribution is 0.0641. The quantitative estimate of drug-likeness (QED) is 0.500. The number of carbonyl (C=O) groups is 2. The fourth-order valence-corrected chi connectivity index (χ4v) is 2.83. The van der Waals surface area contributed by atoms with E-state index in [2.05, 4.69) is 15.9 Å². The van der Waals surface area contributed by atoms with Crippen molar-refractivity contribution in [1.29, 1.82) is 0 Å². The summed E-state index contributed by atoms with van der Waals surface area (Å²) in [7, 11) is 0. The fourth-order valence-electron chi connectivity index (χ4n) is 2.48. The maximum Gasteiger partial charge on any atom is 0.265 e. The van der Waals surface area contributed by atoms with Crippen LogP contribution >= 0.6 is 15.9 Å². The molecule has 0 unspecified atom stereocenters. The molecule has 1 aliphatic heterocycles. The molecular weight excluding hydrogens is 350 g/mol. The van der Waals surface area contributed by atoms with Crippen molar-refractivity contribution in [2.75, 3.05) is 0 Å². The molecular formula is C16H12BrNO4. The smallest absolute Gasteiger partial charge is 0.265 e. The number of halogens is 1. The molecule has 0 atom stereocenters. The summed E-state index contributed by atoms with van der Waals surface area (Å²) in [5.74, 6) is -2.03. The van der Waals surface area contributed by atoms with Crippen molar-refractivity contribution in [2.24, 2.45) is 0 Å². The number of phenolic OH excluding ortho intramolecular Hbond substituents is 2. The summed E-state index contributed by atoms with van der Waals surface area (Å²) in [6, 6.07) is 10.1. The molecule has 112 valence electrons. The zero-order chi connectivity index (χ0) is 15.9. The van der Waals surface area contributed by atoms with Crippen LogP contribution < -0.4 is 0 Å². The van der Waals surface area contributed by atoms with Gasteiger partial charge in [0.2, 0.25) is 0 Å². The standard InChI is InChI=1S/C16H12BrNO4/c17-7-9-2-1-3-10(6-9)8-18-15(21)11-4-5-12(19)14(20)13(11)16(18)22/h1-6,19-20H,7-8H2. The first kappa shape index (κ1) is 14.6. The predicted molar refractivity (Wildman–Crippen MR) is 83.0 cm³/mol. The van der Waals surface area contributed by atoms with Gasteiger partial charge in [-0.3, -0.25) is 14.5 Å². The van der Waals surface area contributed by atoms with E-state index in [0.717, 1.165) is 16.0 Å². The van der Waals surface area contributed by atoms with Gasteiger partial charge in [-0.05, 0) is 23.3 Å². The van der Waals surface area contributed by atoms with Crippen LogP contribution in [0.5, 0.6) is 11.5 Å². The van der Waals surface area contributed by atoms with E-state index < -0.39 is 23.3 Å². The zero-order valence-electron chi connectivity index (χ0n) is 11.4. The number of imide groups is 1. The second kappa shape index (κ2) is 5.46. The third-order valence-corrected chi connectivity index (χ3v) is 4.23. The molecule has 5 nitrogen and oxygen atoms in total. The minimum Gasteiger partial charge on any atom is -0.504 e. The fraction of sp³-hybridized carbons (Fsp3) is 0.125. The summed E-state index contributed by atoms with van der Waals surface area (Å²) in [6.45, 7) is 0.118. The van der Waals surface area contributed by atoms with Gasteiger partial charge in [-0.15, -0.1) is 0 Å². The number of aromatic hydroxyl groups is 2. The van der Waals surface area contributed by atoms with Gasteiger partial charge in [0.15, 0.2) is 11.5 Å². The number of nitrogens with zero attached hydrogens (tertiary/aromatic N) is 1. The number of fused-ring (bicyclic) bond motifs is 1. The van der Waals surface area contributed by atoms with E-state index in [1.807, 2.05) is 24.3 Å². The first-order valence-corrected chi connectivity index (χ1v) is 7.70. The van der Waals surface area contributed by atoms with Crippen molar-refractivity contribution < 1.29 is 19.8 Å². The van der Waals surface area contributed by atoms with Gasteiger partial charge in [-0.25, -0.2) is 0 Å². The van der Waals surface area contributed by atoms with Crippen LogP contribution in [0.15, 0.2) is 36.4 Å². The Morgan fingerprint density at radius 1 is 1.00 bits per heavy atom. The largest absolute Gasteiger partial charge is 0.504 e. The van der Waals surface area contributed by atoms with Crippen molar-refractivity contribution in [3.63, 3.8) is 0 Å². The highest BCUT2D eigenvalue weighted by molar-refractivity contribution is 9.08. The Labute approximate surface area is 134 Å². The van der Waals surface area contributed by atoms with Gasteiger partial charge in [-0.2, -0.15) is 0 Å². The topological polar surface area (TPSA) is 77.8 Å². The van der Waals surface area contributed by atoms with E-state index in [4.69, 9.17) is 0 Å². The van der Waals surface area contributed by atoms with E-state index in [9.17, 15) is 19.8 Å². The minimum absolute atomic E-state index is 0.108. The van der Waals surface area contributed by atoms with Crippen molar-refractivity contribution in [2.45, 2.75) is 11.9 Å². The summed E-state index contributed by atoms with van der Waals surface area (Å²) in [6.07, 6.45) is 0. The monoisotopic (exact) mass is 361 g/mol. The van der Waals surface area contributed by atoms with Crippen molar-refractivity contribution in [3.8, 4) is 11.5 Å². The lowest BCUT2D eigenvalue weighted by Gasteiger charge is -2.14. The number of amides is 2. The van der Waals surface area contributed by atoms with Crippen LogP contribution in [0.2, 0.25) is 0 Å². The van der Waals surface area contributed by atoms with Crippen LogP contribution in [0.4, 0.5) is 0 Å². The van der Waals surface area contributed by atoms with E-state index in [1.165, 1.54) is 12.1 Å². The third-order valence-electron chi connectivity index (χ3n) is 3.58. The molecule has 2 N–H and O–H groups in total. The van der Waals surface area contributed by atoms with Gasteiger partial charge in [0.05, 0.1) is 17.7 Å². The van der Waals surface area contributed by atoms with E-state index in [0.29, 0.717) is 5.33 Å². The molecule has 3 rings (SSSR count). The SMILES string of the molecule is O=C1c2ccc(O)c(O)c2C(=O)N1Cc1cccc(CBr)c1. The molecule has 1 aliphatic rings. The summed E-state index contributed by atoms with van der Waals surface area (Å²) >= 11 is 3.36. The number of phenols is 2. The molecule has 0 aliphatic carbocycles. The molecule has 6 heteroatoms. The summed E-state index contributed by atoms with van der Waals surface area (Å²) < 4.78 is 0. The number of benzene rings is 2. The van der Waals surface area contributed by atoms with Gasteiger partial charge in [0.1, 0.15) is 0 Å². The molecule has 0 saturated carbocycles. The maximum absolute atomic E-state index is 12.4. The molecule has 22 heavy (non-hydrogen) atoms. The highest BCUT2D eigenvalue weighted by Crippen LogP contribution is 2.37. The average Bonchev–Trinajstić information content (AvgIpc) is 2.76. The van der Waals surface area contributed by atoms with E-state index >= 15 is 0 Å². The second-order valence-electron chi connectivity index (χ2n) is 5.01. The Balaban J connectivity index is 1.95. The molecule has 0 spiro atoms.